The van der Waals surface area contributed by atoms with Crippen molar-refractivity contribution in [3.05, 3.63) is 29.3 Å². The van der Waals surface area contributed by atoms with Crippen molar-refractivity contribution in [1.29, 1.82) is 0 Å². The highest BCUT2D eigenvalue weighted by molar-refractivity contribution is 6.33. The molecule has 0 atom stereocenters. The zero-order chi connectivity index (χ0) is 11.4. The molecule has 0 aromatic heterocycles. The minimum absolute atomic E-state index is 0.0148. The highest BCUT2D eigenvalue weighted by Gasteiger charge is 2.18. The number of hydrogen-bond donors (Lipinski definition) is 2. The van der Waals surface area contributed by atoms with Gasteiger partial charge in [-0.15, -0.1) is 0 Å². The number of rotatable bonds is 4. The van der Waals surface area contributed by atoms with E-state index >= 15 is 0 Å². The van der Waals surface area contributed by atoms with E-state index in [0.717, 1.165) is 18.8 Å². The lowest BCUT2D eigenvalue weighted by Gasteiger charge is -2.15. The summed E-state index contributed by atoms with van der Waals surface area (Å²) in [5.74, 6) is 0. The molecule has 0 aliphatic carbocycles. The summed E-state index contributed by atoms with van der Waals surface area (Å²) in [4.78, 5) is 13.0. The fourth-order valence-electron chi connectivity index (χ4n) is 1.65. The van der Waals surface area contributed by atoms with Crippen molar-refractivity contribution in [1.82, 2.24) is 10.2 Å². The summed E-state index contributed by atoms with van der Waals surface area (Å²) < 4.78 is 0. The van der Waals surface area contributed by atoms with Crippen LogP contribution in [0.25, 0.3) is 0 Å². The predicted molar refractivity (Wildman–Crippen MR) is 64.9 cm³/mol. The van der Waals surface area contributed by atoms with Gasteiger partial charge in [-0.05, 0) is 12.1 Å². The number of carbonyl (C=O) groups excluding carboxylic acids is 1. The standard InChI is InChI=1S/C11H14ClN3O/c12-9-3-1-2-4-10(9)13-5-7-15-8-6-14-11(15)16/h1-4,13H,5-8H2,(H,14,16). The zero-order valence-electron chi connectivity index (χ0n) is 8.87. The monoisotopic (exact) mass is 239 g/mol. The Morgan fingerprint density at radius 1 is 1.44 bits per heavy atom. The molecule has 1 saturated heterocycles. The van der Waals surface area contributed by atoms with E-state index in [0.29, 0.717) is 18.1 Å². The number of halogens is 1. The van der Waals surface area contributed by atoms with Crippen molar-refractivity contribution in [2.24, 2.45) is 0 Å². The van der Waals surface area contributed by atoms with Crippen LogP contribution in [0.1, 0.15) is 0 Å². The SMILES string of the molecule is O=C1NCCN1CCNc1ccccc1Cl. The second kappa shape index (κ2) is 5.07. The summed E-state index contributed by atoms with van der Waals surface area (Å²) in [6.45, 7) is 2.92. The molecule has 0 bridgehead atoms. The highest BCUT2D eigenvalue weighted by atomic mass is 35.5. The van der Waals surface area contributed by atoms with Crippen LogP contribution in [0.15, 0.2) is 24.3 Å². The third-order valence-electron chi connectivity index (χ3n) is 2.52. The van der Waals surface area contributed by atoms with Crippen molar-refractivity contribution in [2.45, 2.75) is 0 Å². The Kier molecular flexibility index (Phi) is 3.51. The number of urea groups is 1. The average Bonchev–Trinajstić information content (AvgIpc) is 2.67. The Hall–Kier alpha value is -1.42. The number of para-hydroxylation sites is 1. The van der Waals surface area contributed by atoms with Crippen LogP contribution in [-0.2, 0) is 0 Å². The van der Waals surface area contributed by atoms with Gasteiger partial charge in [-0.25, -0.2) is 4.79 Å². The highest BCUT2D eigenvalue weighted by Crippen LogP contribution is 2.19. The Balaban J connectivity index is 1.80. The minimum atomic E-state index is 0.0148. The summed E-state index contributed by atoms with van der Waals surface area (Å²) in [7, 11) is 0. The molecule has 0 saturated carbocycles. The van der Waals surface area contributed by atoms with Crippen molar-refractivity contribution in [3.63, 3.8) is 0 Å². The molecule has 1 heterocycles. The van der Waals surface area contributed by atoms with Crippen molar-refractivity contribution >= 4 is 23.3 Å². The quantitative estimate of drug-likeness (QED) is 0.841. The topological polar surface area (TPSA) is 44.4 Å². The van der Waals surface area contributed by atoms with Gasteiger partial charge in [-0.2, -0.15) is 0 Å². The second-order valence-electron chi connectivity index (χ2n) is 3.63. The molecule has 2 rings (SSSR count). The lowest BCUT2D eigenvalue weighted by molar-refractivity contribution is 0.219. The molecular weight excluding hydrogens is 226 g/mol. The van der Waals surface area contributed by atoms with Crippen LogP contribution in [0.4, 0.5) is 10.5 Å². The van der Waals surface area contributed by atoms with Crippen molar-refractivity contribution in [2.75, 3.05) is 31.5 Å². The van der Waals surface area contributed by atoms with Gasteiger partial charge in [0.05, 0.1) is 10.7 Å². The van der Waals surface area contributed by atoms with Gasteiger partial charge in [0.1, 0.15) is 0 Å². The Morgan fingerprint density at radius 2 is 2.25 bits per heavy atom. The van der Waals surface area contributed by atoms with Gasteiger partial charge >= 0.3 is 6.03 Å². The normalized spacial score (nSPS) is 15.1. The molecule has 16 heavy (non-hydrogen) atoms. The van der Waals surface area contributed by atoms with Gasteiger partial charge in [0, 0.05) is 26.2 Å². The van der Waals surface area contributed by atoms with Crippen LogP contribution in [0.2, 0.25) is 5.02 Å². The molecule has 0 spiro atoms. The summed E-state index contributed by atoms with van der Waals surface area (Å²) in [6.07, 6.45) is 0. The zero-order valence-corrected chi connectivity index (χ0v) is 9.63. The molecule has 2 N–H and O–H groups in total. The van der Waals surface area contributed by atoms with E-state index in [-0.39, 0.29) is 6.03 Å². The first-order chi connectivity index (χ1) is 7.77. The molecule has 0 radical (unpaired) electrons. The number of amides is 2. The summed E-state index contributed by atoms with van der Waals surface area (Å²) >= 11 is 5.99. The lowest BCUT2D eigenvalue weighted by atomic mass is 10.3. The third kappa shape index (κ3) is 2.58. The molecule has 2 amide bonds. The largest absolute Gasteiger partial charge is 0.382 e. The molecule has 0 unspecified atom stereocenters. The first-order valence-electron chi connectivity index (χ1n) is 5.28. The fourth-order valence-corrected chi connectivity index (χ4v) is 1.86. The van der Waals surface area contributed by atoms with E-state index < -0.39 is 0 Å². The molecule has 1 aliphatic heterocycles. The van der Waals surface area contributed by atoms with Crippen molar-refractivity contribution < 1.29 is 4.79 Å². The predicted octanol–water partition coefficient (Wildman–Crippen LogP) is 1.78. The van der Waals surface area contributed by atoms with E-state index in [4.69, 9.17) is 11.6 Å². The number of nitrogens with one attached hydrogen (secondary N) is 2. The maximum absolute atomic E-state index is 11.2. The van der Waals surface area contributed by atoms with Crippen LogP contribution in [-0.4, -0.2) is 37.1 Å². The smallest absolute Gasteiger partial charge is 0.317 e. The fraction of sp³-hybridized carbons (Fsp3) is 0.364. The van der Waals surface area contributed by atoms with Gasteiger partial charge in [0.15, 0.2) is 0 Å². The number of hydrogen-bond acceptors (Lipinski definition) is 2. The summed E-state index contributed by atoms with van der Waals surface area (Å²) in [5, 5.41) is 6.67. The van der Waals surface area contributed by atoms with Gasteiger partial charge in [0.2, 0.25) is 0 Å². The number of anilines is 1. The van der Waals surface area contributed by atoms with Gasteiger partial charge < -0.3 is 15.5 Å². The van der Waals surface area contributed by atoms with E-state index in [9.17, 15) is 4.79 Å². The van der Waals surface area contributed by atoms with E-state index in [1.165, 1.54) is 0 Å². The summed E-state index contributed by atoms with van der Waals surface area (Å²) in [5.41, 5.74) is 0.906. The molecular formula is C11H14ClN3O. The van der Waals surface area contributed by atoms with E-state index in [2.05, 4.69) is 10.6 Å². The van der Waals surface area contributed by atoms with Gasteiger partial charge in [0.25, 0.3) is 0 Å². The maximum Gasteiger partial charge on any atom is 0.317 e. The van der Waals surface area contributed by atoms with E-state index in [1.807, 2.05) is 24.3 Å². The van der Waals surface area contributed by atoms with Crippen LogP contribution in [0.5, 0.6) is 0 Å². The molecule has 1 aromatic carbocycles. The molecule has 5 heteroatoms. The number of carbonyl (C=O) groups is 1. The number of benzene rings is 1. The maximum atomic E-state index is 11.2. The summed E-state index contributed by atoms with van der Waals surface area (Å²) in [6, 6.07) is 7.60. The van der Waals surface area contributed by atoms with Crippen molar-refractivity contribution in [3.8, 4) is 0 Å². The molecule has 1 aliphatic rings. The first-order valence-corrected chi connectivity index (χ1v) is 5.66. The minimum Gasteiger partial charge on any atom is -0.382 e. The first kappa shape index (κ1) is 11.1. The Bertz CT molecular complexity index is 383. The van der Waals surface area contributed by atoms with Crippen LogP contribution in [0.3, 0.4) is 0 Å². The van der Waals surface area contributed by atoms with Crippen LogP contribution in [0, 0.1) is 0 Å². The Morgan fingerprint density at radius 3 is 2.94 bits per heavy atom. The molecule has 86 valence electrons. The average molecular weight is 240 g/mol. The Labute approximate surface area is 99.6 Å². The van der Waals surface area contributed by atoms with Gasteiger partial charge in [-0.1, -0.05) is 23.7 Å². The molecule has 1 fully saturated rings. The van der Waals surface area contributed by atoms with Crippen LogP contribution < -0.4 is 10.6 Å². The second-order valence-corrected chi connectivity index (χ2v) is 4.03. The third-order valence-corrected chi connectivity index (χ3v) is 2.85. The number of nitrogens with zero attached hydrogens (tertiary/aromatic N) is 1. The molecule has 1 aromatic rings. The molecule has 4 nitrogen and oxygen atoms in total. The van der Waals surface area contributed by atoms with Gasteiger partial charge in [-0.3, -0.25) is 0 Å². The van der Waals surface area contributed by atoms with E-state index in [1.54, 1.807) is 4.90 Å². The van der Waals surface area contributed by atoms with Crippen LogP contribution >= 0.6 is 11.6 Å². The lowest BCUT2D eigenvalue weighted by Crippen LogP contribution is -2.32.